The highest BCUT2D eigenvalue weighted by Crippen LogP contribution is 2.30. The molecular formula is C21H23N. The second-order valence-corrected chi connectivity index (χ2v) is 5.05. The van der Waals surface area contributed by atoms with Crippen molar-refractivity contribution < 1.29 is 0 Å². The molecule has 0 saturated carbocycles. The maximum absolute atomic E-state index is 3.91. The lowest BCUT2D eigenvalue weighted by Gasteiger charge is -2.14. The maximum atomic E-state index is 3.91. The minimum atomic E-state index is 1.09. The number of anilines is 1. The van der Waals surface area contributed by atoms with Gasteiger partial charge in [-0.15, -0.1) is 0 Å². The van der Waals surface area contributed by atoms with Crippen LogP contribution in [0.3, 0.4) is 0 Å². The van der Waals surface area contributed by atoms with Gasteiger partial charge in [-0.2, -0.15) is 0 Å². The molecule has 0 aliphatic carbocycles. The van der Waals surface area contributed by atoms with E-state index in [1.54, 1.807) is 0 Å². The van der Waals surface area contributed by atoms with Crippen molar-refractivity contribution >= 4 is 23.4 Å². The largest absolute Gasteiger partial charge is 0.388 e. The Hall–Kier alpha value is -2.54. The van der Waals surface area contributed by atoms with Crippen LogP contribution in [0.2, 0.25) is 0 Å². The molecule has 0 atom stereocenters. The van der Waals surface area contributed by atoms with Gasteiger partial charge in [-0.3, -0.25) is 0 Å². The van der Waals surface area contributed by atoms with E-state index in [-0.39, 0.29) is 0 Å². The first-order chi connectivity index (χ1) is 10.7. The smallest absolute Gasteiger partial charge is 0.0411 e. The zero-order valence-corrected chi connectivity index (χ0v) is 13.6. The van der Waals surface area contributed by atoms with Crippen LogP contribution in [0.4, 0.5) is 5.69 Å². The topological polar surface area (TPSA) is 12.0 Å². The van der Waals surface area contributed by atoms with Crippen LogP contribution in [-0.4, -0.2) is 7.05 Å². The molecule has 112 valence electrons. The molecule has 0 aliphatic rings. The van der Waals surface area contributed by atoms with Crippen molar-refractivity contribution in [3.8, 4) is 0 Å². The minimum absolute atomic E-state index is 1.09. The van der Waals surface area contributed by atoms with E-state index >= 15 is 0 Å². The van der Waals surface area contributed by atoms with E-state index in [4.69, 9.17) is 0 Å². The first kappa shape index (κ1) is 15.8. The Morgan fingerprint density at radius 1 is 1.05 bits per heavy atom. The fourth-order valence-electron chi connectivity index (χ4n) is 2.67. The lowest BCUT2D eigenvalue weighted by atomic mass is 9.92. The van der Waals surface area contributed by atoms with Crippen molar-refractivity contribution in [3.63, 3.8) is 0 Å². The van der Waals surface area contributed by atoms with Gasteiger partial charge in [0.05, 0.1) is 0 Å². The fourth-order valence-corrected chi connectivity index (χ4v) is 2.67. The summed E-state index contributed by atoms with van der Waals surface area (Å²) >= 11 is 0. The predicted molar refractivity (Wildman–Crippen MR) is 100.0 cm³/mol. The molecule has 0 saturated heterocycles. The number of hydrogen-bond acceptors (Lipinski definition) is 1. The third-order valence-electron chi connectivity index (χ3n) is 3.74. The third kappa shape index (κ3) is 3.20. The van der Waals surface area contributed by atoms with Crippen molar-refractivity contribution in [1.29, 1.82) is 0 Å². The average Bonchev–Trinajstić information content (AvgIpc) is 2.57. The van der Waals surface area contributed by atoms with E-state index in [0.717, 1.165) is 11.3 Å². The van der Waals surface area contributed by atoms with Crippen LogP contribution in [0, 0.1) is 0 Å². The molecule has 0 unspecified atom stereocenters. The van der Waals surface area contributed by atoms with E-state index in [9.17, 15) is 0 Å². The summed E-state index contributed by atoms with van der Waals surface area (Å²) in [4.78, 5) is 0. The zero-order chi connectivity index (χ0) is 15.9. The summed E-state index contributed by atoms with van der Waals surface area (Å²) in [5.74, 6) is 0. The zero-order valence-electron chi connectivity index (χ0n) is 13.6. The highest BCUT2D eigenvalue weighted by atomic mass is 14.8. The number of nitrogens with one attached hydrogen (secondary N) is 1. The van der Waals surface area contributed by atoms with Crippen LogP contribution in [0.15, 0.2) is 61.2 Å². The highest BCUT2D eigenvalue weighted by molar-refractivity contribution is 5.86. The van der Waals surface area contributed by atoms with E-state index in [0.29, 0.717) is 0 Å². The molecule has 0 radical (unpaired) electrons. The van der Waals surface area contributed by atoms with Gasteiger partial charge in [-0.05, 0) is 53.8 Å². The molecule has 22 heavy (non-hydrogen) atoms. The van der Waals surface area contributed by atoms with E-state index in [2.05, 4.69) is 79.5 Å². The molecule has 0 aliphatic heterocycles. The maximum Gasteiger partial charge on any atom is 0.0411 e. The van der Waals surface area contributed by atoms with Crippen molar-refractivity contribution in [1.82, 2.24) is 0 Å². The van der Waals surface area contributed by atoms with Crippen LogP contribution < -0.4 is 5.32 Å². The monoisotopic (exact) mass is 289 g/mol. The lowest BCUT2D eigenvalue weighted by Crippen LogP contribution is -1.95. The second-order valence-electron chi connectivity index (χ2n) is 5.05. The fraction of sp³-hybridized carbons (Fsp3) is 0.143. The standard InChI is InChI=1S/C21H23N/c1-5-10-17-11-8-9-12-20(17)19(7-3)18-13-14-21(22-4)16(6-2)15-18/h5-15,22H,2H2,1,3-4H3/b10-5-,19-7-. The molecule has 0 bridgehead atoms. The van der Waals surface area contributed by atoms with Gasteiger partial charge in [0.15, 0.2) is 0 Å². The Labute approximate surface area is 133 Å². The summed E-state index contributed by atoms with van der Waals surface area (Å²) in [6, 6.07) is 14.9. The number of allylic oxidation sites excluding steroid dienone is 2. The summed E-state index contributed by atoms with van der Waals surface area (Å²) in [6.45, 7) is 8.04. The molecule has 1 heteroatoms. The van der Waals surface area contributed by atoms with Crippen molar-refractivity contribution in [2.75, 3.05) is 12.4 Å². The van der Waals surface area contributed by atoms with E-state index < -0.39 is 0 Å². The van der Waals surface area contributed by atoms with Crippen LogP contribution in [0.25, 0.3) is 17.7 Å². The van der Waals surface area contributed by atoms with Crippen LogP contribution >= 0.6 is 0 Å². The van der Waals surface area contributed by atoms with Gasteiger partial charge in [-0.1, -0.05) is 61.2 Å². The van der Waals surface area contributed by atoms with E-state index in [1.807, 2.05) is 20.0 Å². The van der Waals surface area contributed by atoms with Gasteiger partial charge in [0, 0.05) is 12.7 Å². The van der Waals surface area contributed by atoms with Crippen LogP contribution in [-0.2, 0) is 0 Å². The molecule has 2 rings (SSSR count). The first-order valence-electron chi connectivity index (χ1n) is 7.58. The number of benzene rings is 2. The summed E-state index contributed by atoms with van der Waals surface area (Å²) in [6.07, 6.45) is 8.28. The minimum Gasteiger partial charge on any atom is -0.388 e. The molecule has 0 aromatic heterocycles. The van der Waals surface area contributed by atoms with Gasteiger partial charge < -0.3 is 5.32 Å². The molecule has 0 spiro atoms. The number of rotatable bonds is 5. The molecule has 0 fully saturated rings. The number of hydrogen-bond donors (Lipinski definition) is 1. The molecule has 2 aromatic carbocycles. The van der Waals surface area contributed by atoms with Gasteiger partial charge in [0.2, 0.25) is 0 Å². The summed E-state index contributed by atoms with van der Waals surface area (Å²) < 4.78 is 0. The quantitative estimate of drug-likeness (QED) is 0.727. The predicted octanol–water partition coefficient (Wildman–Crippen LogP) is 5.86. The molecule has 1 N–H and O–H groups in total. The highest BCUT2D eigenvalue weighted by Gasteiger charge is 2.09. The second kappa shape index (κ2) is 7.46. The SMILES string of the molecule is C=Cc1cc(/C(=C/C)c2ccccc2/C=C\C)ccc1NC. The Balaban J connectivity index is 2.57. The molecular weight excluding hydrogens is 266 g/mol. The Morgan fingerprint density at radius 2 is 1.82 bits per heavy atom. The Morgan fingerprint density at radius 3 is 2.45 bits per heavy atom. The third-order valence-corrected chi connectivity index (χ3v) is 3.74. The van der Waals surface area contributed by atoms with Gasteiger partial charge in [0.25, 0.3) is 0 Å². The molecule has 1 nitrogen and oxygen atoms in total. The van der Waals surface area contributed by atoms with Crippen LogP contribution in [0.1, 0.15) is 36.1 Å². The van der Waals surface area contributed by atoms with Gasteiger partial charge in [-0.25, -0.2) is 0 Å². The Kier molecular flexibility index (Phi) is 5.37. The van der Waals surface area contributed by atoms with Gasteiger partial charge >= 0.3 is 0 Å². The Bertz CT molecular complexity index is 720. The average molecular weight is 289 g/mol. The summed E-state index contributed by atoms with van der Waals surface area (Å²) in [5.41, 5.74) is 7.12. The first-order valence-corrected chi connectivity index (χ1v) is 7.58. The van der Waals surface area contributed by atoms with Crippen LogP contribution in [0.5, 0.6) is 0 Å². The molecule has 0 heterocycles. The normalized spacial score (nSPS) is 11.7. The summed E-state index contributed by atoms with van der Waals surface area (Å²) in [5, 5.41) is 3.20. The molecule has 0 amide bonds. The summed E-state index contributed by atoms with van der Waals surface area (Å²) in [7, 11) is 1.93. The van der Waals surface area contributed by atoms with Gasteiger partial charge in [0.1, 0.15) is 0 Å². The van der Waals surface area contributed by atoms with Crippen molar-refractivity contribution in [2.45, 2.75) is 13.8 Å². The molecule has 2 aromatic rings. The van der Waals surface area contributed by atoms with E-state index in [1.165, 1.54) is 22.3 Å². The van der Waals surface area contributed by atoms with Crippen molar-refractivity contribution in [2.24, 2.45) is 0 Å². The lowest BCUT2D eigenvalue weighted by molar-refractivity contribution is 1.46. The van der Waals surface area contributed by atoms with Crippen molar-refractivity contribution in [3.05, 3.63) is 83.4 Å².